The third-order valence-corrected chi connectivity index (χ3v) is 8.18. The van der Waals surface area contributed by atoms with E-state index in [1.807, 2.05) is 4.72 Å². The summed E-state index contributed by atoms with van der Waals surface area (Å²) in [6, 6.07) is 5.16. The standard InChI is InChI=1S/C24H21F2N7O4S2/c1-32(18-11-19-22(28-12-18)38-13-29-19)23(34)20(9-14-7-16(25)10-17(26)8-14)30-24(35)31-39(36,37)33-6-4-15-3-2-5-27-21(15)33/h2-3,5,7-8,10-13,20H,4,6,9H2,1H3,(H2,30,31,35)/t20-/m0/s1. The minimum atomic E-state index is -4.37. The van der Waals surface area contributed by atoms with E-state index in [1.54, 1.807) is 23.7 Å². The topological polar surface area (TPSA) is 137 Å². The number of carbonyl (C=O) groups is 2. The van der Waals surface area contributed by atoms with Gasteiger partial charge in [-0.05, 0) is 41.8 Å². The first-order valence-electron chi connectivity index (χ1n) is 11.6. The van der Waals surface area contributed by atoms with Crippen molar-refractivity contribution in [3.63, 3.8) is 0 Å². The smallest absolute Gasteiger partial charge is 0.325 e. The molecule has 0 saturated carbocycles. The van der Waals surface area contributed by atoms with Crippen LogP contribution in [0, 0.1) is 11.6 Å². The van der Waals surface area contributed by atoms with E-state index in [4.69, 9.17) is 0 Å². The predicted molar refractivity (Wildman–Crippen MR) is 141 cm³/mol. The van der Waals surface area contributed by atoms with Crippen molar-refractivity contribution in [3.05, 3.63) is 77.1 Å². The number of halogens is 2. The molecule has 4 aromatic rings. The summed E-state index contributed by atoms with van der Waals surface area (Å²) in [6.45, 7) is 0.0781. The van der Waals surface area contributed by atoms with E-state index < -0.39 is 39.8 Å². The molecule has 1 aromatic carbocycles. The van der Waals surface area contributed by atoms with Gasteiger partial charge in [-0.25, -0.2) is 37.6 Å². The van der Waals surface area contributed by atoms with E-state index in [0.717, 1.165) is 16.4 Å². The van der Waals surface area contributed by atoms with Gasteiger partial charge in [0.05, 0.1) is 17.4 Å². The van der Waals surface area contributed by atoms with Crippen LogP contribution in [0.25, 0.3) is 10.3 Å². The van der Waals surface area contributed by atoms with Crippen LogP contribution in [0.4, 0.5) is 25.1 Å². The molecule has 1 atom stereocenters. The Hall–Kier alpha value is -4.24. The van der Waals surface area contributed by atoms with Gasteiger partial charge in [0, 0.05) is 32.3 Å². The first kappa shape index (κ1) is 26.4. The number of pyridine rings is 2. The molecule has 4 heterocycles. The molecule has 0 radical (unpaired) electrons. The maximum atomic E-state index is 13.9. The van der Waals surface area contributed by atoms with E-state index in [9.17, 15) is 26.8 Å². The van der Waals surface area contributed by atoms with Crippen LogP contribution < -0.4 is 19.2 Å². The van der Waals surface area contributed by atoms with Crippen LogP contribution in [-0.4, -0.2) is 54.9 Å². The molecular formula is C24H21F2N7O4S2. The maximum absolute atomic E-state index is 13.9. The van der Waals surface area contributed by atoms with Gasteiger partial charge >= 0.3 is 16.2 Å². The number of hydrogen-bond donors (Lipinski definition) is 2. The highest BCUT2D eigenvalue weighted by atomic mass is 32.2. The Bertz CT molecular complexity index is 1660. The van der Waals surface area contributed by atoms with Crippen LogP contribution in [0.1, 0.15) is 11.1 Å². The second-order valence-corrected chi connectivity index (χ2v) is 11.1. The number of nitrogens with one attached hydrogen (secondary N) is 2. The van der Waals surface area contributed by atoms with Crippen molar-refractivity contribution >= 4 is 55.3 Å². The van der Waals surface area contributed by atoms with E-state index in [0.29, 0.717) is 34.1 Å². The average Bonchev–Trinajstić information content (AvgIpc) is 3.53. The molecular weight excluding hydrogens is 552 g/mol. The minimum Gasteiger partial charge on any atom is -0.325 e. The molecule has 5 rings (SSSR count). The highest BCUT2D eigenvalue weighted by Crippen LogP contribution is 2.27. The fraction of sp³-hybridized carbons (Fsp3) is 0.208. The van der Waals surface area contributed by atoms with Crippen LogP contribution in [0.3, 0.4) is 0 Å². The lowest BCUT2D eigenvalue weighted by Crippen LogP contribution is -2.54. The Morgan fingerprint density at radius 1 is 1.15 bits per heavy atom. The molecule has 0 fully saturated rings. The third kappa shape index (κ3) is 5.63. The SMILES string of the molecule is CN(C(=O)[C@H](Cc1cc(F)cc(F)c1)NC(=O)NS(=O)(=O)N1CCc2cccnc21)c1cnc2scnc2c1. The summed E-state index contributed by atoms with van der Waals surface area (Å²) in [5.41, 5.74) is 3.29. The zero-order valence-corrected chi connectivity index (χ0v) is 22.0. The highest BCUT2D eigenvalue weighted by Gasteiger charge is 2.33. The fourth-order valence-electron chi connectivity index (χ4n) is 4.23. The Kier molecular flexibility index (Phi) is 7.10. The summed E-state index contributed by atoms with van der Waals surface area (Å²) in [6.07, 6.45) is 2.97. The molecule has 0 spiro atoms. The molecule has 15 heteroatoms. The summed E-state index contributed by atoms with van der Waals surface area (Å²) in [7, 11) is -2.94. The molecule has 11 nitrogen and oxygen atoms in total. The van der Waals surface area contributed by atoms with Crippen LogP contribution in [0.15, 0.2) is 54.3 Å². The highest BCUT2D eigenvalue weighted by molar-refractivity contribution is 7.91. The van der Waals surface area contributed by atoms with Crippen molar-refractivity contribution in [1.29, 1.82) is 0 Å². The monoisotopic (exact) mass is 573 g/mol. The van der Waals surface area contributed by atoms with Gasteiger partial charge in [-0.3, -0.25) is 4.79 Å². The average molecular weight is 574 g/mol. The molecule has 1 aliphatic heterocycles. The molecule has 0 saturated heterocycles. The van der Waals surface area contributed by atoms with Crippen molar-refractivity contribution in [1.82, 2.24) is 25.0 Å². The van der Waals surface area contributed by atoms with Gasteiger partial charge < -0.3 is 10.2 Å². The number of urea groups is 1. The Morgan fingerprint density at radius 2 is 1.92 bits per heavy atom. The number of carbonyl (C=O) groups excluding carboxylic acids is 2. The maximum Gasteiger partial charge on any atom is 0.330 e. The molecule has 202 valence electrons. The predicted octanol–water partition coefficient (Wildman–Crippen LogP) is 2.55. The van der Waals surface area contributed by atoms with Crippen molar-refractivity contribution in [2.45, 2.75) is 18.9 Å². The summed E-state index contributed by atoms with van der Waals surface area (Å²) in [5, 5.41) is 2.34. The van der Waals surface area contributed by atoms with Crippen molar-refractivity contribution in [2.75, 3.05) is 22.8 Å². The zero-order chi connectivity index (χ0) is 27.7. The second kappa shape index (κ2) is 10.5. The largest absolute Gasteiger partial charge is 0.330 e. The van der Waals surface area contributed by atoms with Gasteiger partial charge in [-0.1, -0.05) is 6.07 Å². The number of benzene rings is 1. The Labute approximate surface area is 225 Å². The first-order valence-corrected chi connectivity index (χ1v) is 13.9. The second-order valence-electron chi connectivity index (χ2n) is 8.69. The van der Waals surface area contributed by atoms with Gasteiger partial charge in [-0.2, -0.15) is 8.42 Å². The number of amides is 3. The van der Waals surface area contributed by atoms with Crippen molar-refractivity contribution in [3.8, 4) is 0 Å². The number of aromatic nitrogens is 3. The molecule has 2 N–H and O–H groups in total. The van der Waals surface area contributed by atoms with Gasteiger partial charge in [0.2, 0.25) is 5.91 Å². The van der Waals surface area contributed by atoms with E-state index in [2.05, 4.69) is 20.3 Å². The molecule has 3 amide bonds. The molecule has 0 unspecified atom stereocenters. The quantitative estimate of drug-likeness (QED) is 0.347. The van der Waals surface area contributed by atoms with E-state index in [1.165, 1.54) is 35.7 Å². The van der Waals surface area contributed by atoms with Crippen LogP contribution >= 0.6 is 11.3 Å². The summed E-state index contributed by atoms with van der Waals surface area (Å²) in [5.74, 6) is -2.22. The Balaban J connectivity index is 1.38. The van der Waals surface area contributed by atoms with Crippen LogP contribution in [-0.2, 0) is 27.8 Å². The molecule has 3 aromatic heterocycles. The van der Waals surface area contributed by atoms with Gasteiger partial charge in [0.1, 0.15) is 33.8 Å². The number of fused-ring (bicyclic) bond motifs is 2. The summed E-state index contributed by atoms with van der Waals surface area (Å²) >= 11 is 1.32. The number of likely N-dealkylation sites (N-methyl/N-ethyl adjacent to an activating group) is 1. The number of nitrogens with zero attached hydrogens (tertiary/aromatic N) is 5. The minimum absolute atomic E-state index is 0.0770. The molecule has 1 aliphatic rings. The van der Waals surface area contributed by atoms with Gasteiger partial charge in [0.15, 0.2) is 0 Å². The van der Waals surface area contributed by atoms with Crippen molar-refractivity contribution in [2.24, 2.45) is 0 Å². The number of thiazole rings is 1. The van der Waals surface area contributed by atoms with Gasteiger partial charge in [0.25, 0.3) is 0 Å². The van der Waals surface area contributed by atoms with Gasteiger partial charge in [-0.15, -0.1) is 11.3 Å². The molecule has 0 bridgehead atoms. The summed E-state index contributed by atoms with van der Waals surface area (Å²) in [4.78, 5) is 40.7. The van der Waals surface area contributed by atoms with E-state index >= 15 is 0 Å². The third-order valence-electron chi connectivity index (χ3n) is 6.06. The lowest BCUT2D eigenvalue weighted by atomic mass is 10.0. The lowest BCUT2D eigenvalue weighted by molar-refractivity contribution is -0.120. The van der Waals surface area contributed by atoms with Crippen LogP contribution in [0.2, 0.25) is 0 Å². The van der Waals surface area contributed by atoms with E-state index in [-0.39, 0.29) is 24.3 Å². The van der Waals surface area contributed by atoms with Crippen LogP contribution in [0.5, 0.6) is 0 Å². The number of anilines is 2. The molecule has 39 heavy (non-hydrogen) atoms. The number of rotatable bonds is 7. The molecule has 0 aliphatic carbocycles. The number of hydrogen-bond acceptors (Lipinski definition) is 8. The zero-order valence-electron chi connectivity index (χ0n) is 20.3. The first-order chi connectivity index (χ1) is 18.6. The Morgan fingerprint density at radius 3 is 2.69 bits per heavy atom. The normalized spacial score (nSPS) is 13.7. The van der Waals surface area contributed by atoms with Crippen molar-refractivity contribution < 1.29 is 26.8 Å². The summed E-state index contributed by atoms with van der Waals surface area (Å²) < 4.78 is 56.5. The fourth-order valence-corrected chi connectivity index (χ4v) is 5.97. The lowest BCUT2D eigenvalue weighted by Gasteiger charge is -2.25.